The Bertz CT molecular complexity index is 1230. The van der Waals surface area contributed by atoms with E-state index in [9.17, 15) is 4.79 Å². The van der Waals surface area contributed by atoms with Crippen LogP contribution in [0, 0.1) is 0 Å². The number of carbonyl (C=O) groups is 1. The largest absolute Gasteiger partial charge is 0.354 e. The zero-order valence-corrected chi connectivity index (χ0v) is 21.1. The molecule has 0 bridgehead atoms. The maximum atomic E-state index is 13.1. The fourth-order valence-corrected chi connectivity index (χ4v) is 6.59. The molecule has 1 aliphatic heterocycles. The van der Waals surface area contributed by atoms with Crippen LogP contribution in [0.4, 0.5) is 17.6 Å². The second-order valence-electron chi connectivity index (χ2n) is 10.6. The lowest BCUT2D eigenvalue weighted by atomic mass is 10.0. The summed E-state index contributed by atoms with van der Waals surface area (Å²) in [4.78, 5) is 23.5. The molecule has 0 spiro atoms. The van der Waals surface area contributed by atoms with Gasteiger partial charge in [0.25, 0.3) is 5.91 Å². The summed E-state index contributed by atoms with van der Waals surface area (Å²) in [6.45, 7) is 1.55. The first-order chi connectivity index (χ1) is 17.7. The first-order valence-electron chi connectivity index (χ1n) is 13.5. The standard InChI is InChI=1S/C28H35N7O/c1-29-27(36)24-15-8-16-35(24,18-19-9-3-2-4-10-19)28-30-22-14-7-13-21(22)26(32-28)31-25-17-23(33-34-25)20-11-5-6-12-20/h2-4,9-10,17,20,24H,5-8,11-16,18H2,1H3,(H2-,29,30,31,32,33,34,36)/p+1. The van der Waals surface area contributed by atoms with Gasteiger partial charge in [-0.15, -0.1) is 0 Å². The van der Waals surface area contributed by atoms with Crippen molar-refractivity contribution in [2.24, 2.45) is 0 Å². The van der Waals surface area contributed by atoms with Crippen LogP contribution in [0.5, 0.6) is 0 Å². The molecule has 36 heavy (non-hydrogen) atoms. The monoisotopic (exact) mass is 486 g/mol. The molecule has 3 aromatic rings. The third kappa shape index (κ3) is 4.17. The van der Waals surface area contributed by atoms with E-state index in [-0.39, 0.29) is 11.9 Å². The van der Waals surface area contributed by atoms with Gasteiger partial charge in [0.05, 0.1) is 12.2 Å². The van der Waals surface area contributed by atoms with Crippen LogP contribution in [0.15, 0.2) is 36.4 Å². The van der Waals surface area contributed by atoms with Gasteiger partial charge < -0.3 is 10.6 Å². The van der Waals surface area contributed by atoms with E-state index < -0.39 is 0 Å². The van der Waals surface area contributed by atoms with Crippen molar-refractivity contribution < 1.29 is 4.79 Å². The highest BCUT2D eigenvalue weighted by Gasteiger charge is 2.50. The zero-order valence-electron chi connectivity index (χ0n) is 21.1. The number of aromatic nitrogens is 4. The summed E-state index contributed by atoms with van der Waals surface area (Å²) in [7, 11) is 1.73. The molecule has 0 radical (unpaired) electrons. The number of quaternary nitrogens is 1. The Kier molecular flexibility index (Phi) is 6.21. The number of nitrogens with one attached hydrogen (secondary N) is 3. The summed E-state index contributed by atoms with van der Waals surface area (Å²) < 4.78 is 0.458. The van der Waals surface area contributed by atoms with Crippen LogP contribution in [-0.2, 0) is 24.2 Å². The van der Waals surface area contributed by atoms with Crippen molar-refractivity contribution in [3.05, 3.63) is 58.9 Å². The van der Waals surface area contributed by atoms with Gasteiger partial charge in [-0.1, -0.05) is 43.2 Å². The van der Waals surface area contributed by atoms with Crippen molar-refractivity contribution in [2.75, 3.05) is 18.9 Å². The summed E-state index contributed by atoms with van der Waals surface area (Å²) in [5, 5.41) is 14.3. The zero-order chi connectivity index (χ0) is 24.5. The summed E-state index contributed by atoms with van der Waals surface area (Å²) in [5.74, 6) is 3.06. The van der Waals surface area contributed by atoms with Gasteiger partial charge in [0.2, 0.25) is 0 Å². The van der Waals surface area contributed by atoms with Gasteiger partial charge in [0.15, 0.2) is 11.9 Å². The number of aryl methyl sites for hydroxylation is 1. The molecule has 1 aromatic carbocycles. The number of aromatic amines is 1. The minimum absolute atomic E-state index is 0.0653. The predicted molar refractivity (Wildman–Crippen MR) is 141 cm³/mol. The van der Waals surface area contributed by atoms with E-state index >= 15 is 0 Å². The summed E-state index contributed by atoms with van der Waals surface area (Å²) in [6.07, 6.45) is 9.85. The first-order valence-corrected chi connectivity index (χ1v) is 13.5. The Balaban J connectivity index is 1.40. The molecule has 2 unspecified atom stereocenters. The third-order valence-electron chi connectivity index (χ3n) is 8.45. The van der Waals surface area contributed by atoms with Crippen LogP contribution in [0.2, 0.25) is 0 Å². The number of benzene rings is 1. The van der Waals surface area contributed by atoms with Crippen molar-refractivity contribution in [3.8, 4) is 0 Å². The summed E-state index contributed by atoms with van der Waals surface area (Å²) >= 11 is 0. The Morgan fingerprint density at radius 1 is 1.06 bits per heavy atom. The van der Waals surface area contributed by atoms with E-state index in [2.05, 4.69) is 51.2 Å². The van der Waals surface area contributed by atoms with Gasteiger partial charge in [0.1, 0.15) is 12.4 Å². The van der Waals surface area contributed by atoms with Gasteiger partial charge >= 0.3 is 5.95 Å². The Hall–Kier alpha value is -3.26. The number of hydrogen-bond acceptors (Lipinski definition) is 5. The molecule has 3 heterocycles. The minimum atomic E-state index is -0.207. The molecule has 8 nitrogen and oxygen atoms in total. The molecule has 2 fully saturated rings. The molecule has 3 aliphatic rings. The number of nitrogens with zero attached hydrogens (tertiary/aromatic N) is 4. The van der Waals surface area contributed by atoms with Crippen LogP contribution in [0.25, 0.3) is 0 Å². The lowest BCUT2D eigenvalue weighted by Gasteiger charge is -2.36. The molecule has 3 N–H and O–H groups in total. The van der Waals surface area contributed by atoms with E-state index in [1.807, 2.05) is 6.07 Å². The average Bonchev–Trinajstić information content (AvgIpc) is 3.71. The summed E-state index contributed by atoms with van der Waals surface area (Å²) in [6, 6.07) is 12.4. The Labute approximate surface area is 212 Å². The molecule has 2 aromatic heterocycles. The molecule has 8 heteroatoms. The van der Waals surface area contributed by atoms with E-state index in [1.54, 1.807) is 7.05 Å². The maximum Gasteiger partial charge on any atom is 0.332 e. The SMILES string of the molecule is CNC(=O)C1CCC[N+]1(Cc1ccccc1)c1nc2c(c(Nc3cc(C4CCCC4)[nH]n3)n1)CCC2. The van der Waals surface area contributed by atoms with Crippen molar-refractivity contribution in [1.29, 1.82) is 0 Å². The number of H-pyrrole nitrogens is 1. The molecule has 2 atom stereocenters. The van der Waals surface area contributed by atoms with E-state index in [4.69, 9.17) is 9.97 Å². The highest BCUT2D eigenvalue weighted by Crippen LogP contribution is 2.39. The van der Waals surface area contributed by atoms with Crippen LogP contribution < -0.4 is 15.1 Å². The number of likely N-dealkylation sites (N-methyl/N-ethyl adjacent to an activating group) is 1. The topological polar surface area (TPSA) is 95.6 Å². The molecule has 1 amide bonds. The summed E-state index contributed by atoms with van der Waals surface area (Å²) in [5.41, 5.74) is 4.72. The van der Waals surface area contributed by atoms with E-state index in [1.165, 1.54) is 42.5 Å². The quantitative estimate of drug-likeness (QED) is 0.427. The fraction of sp³-hybridized carbons (Fsp3) is 0.500. The molecule has 1 saturated carbocycles. The van der Waals surface area contributed by atoms with Gasteiger partial charge in [-0.25, -0.2) is 4.48 Å². The number of hydrogen-bond donors (Lipinski definition) is 3. The van der Waals surface area contributed by atoms with Crippen molar-refractivity contribution >= 4 is 23.5 Å². The molecule has 1 saturated heterocycles. The Morgan fingerprint density at radius 2 is 1.89 bits per heavy atom. The average molecular weight is 487 g/mol. The smallest absolute Gasteiger partial charge is 0.332 e. The molecular weight excluding hydrogens is 450 g/mol. The molecule has 2 aliphatic carbocycles. The molecular formula is C28H36N7O+. The predicted octanol–water partition coefficient (Wildman–Crippen LogP) is 4.51. The normalized spacial score (nSPS) is 23.6. The van der Waals surface area contributed by atoms with Crippen LogP contribution in [-0.4, -0.2) is 45.7 Å². The van der Waals surface area contributed by atoms with Crippen LogP contribution in [0.3, 0.4) is 0 Å². The number of anilines is 2. The number of likely N-dealkylation sites (tertiary alicyclic amines) is 1. The third-order valence-corrected chi connectivity index (χ3v) is 8.45. The van der Waals surface area contributed by atoms with Gasteiger partial charge in [-0.2, -0.15) is 15.1 Å². The lowest BCUT2D eigenvalue weighted by molar-refractivity contribution is -0.125. The number of fused-ring (bicyclic) bond motifs is 1. The van der Waals surface area contributed by atoms with E-state index in [0.717, 1.165) is 61.9 Å². The van der Waals surface area contributed by atoms with Crippen molar-refractivity contribution in [2.45, 2.75) is 76.3 Å². The number of carbonyl (C=O) groups excluding carboxylic acids is 1. The molecule has 6 rings (SSSR count). The fourth-order valence-electron chi connectivity index (χ4n) is 6.59. The first kappa shape index (κ1) is 23.2. The second kappa shape index (κ2) is 9.65. The Morgan fingerprint density at radius 3 is 2.69 bits per heavy atom. The minimum Gasteiger partial charge on any atom is -0.354 e. The number of amides is 1. The highest BCUT2D eigenvalue weighted by atomic mass is 16.2. The van der Waals surface area contributed by atoms with Crippen LogP contribution in [0.1, 0.15) is 73.4 Å². The van der Waals surface area contributed by atoms with Crippen molar-refractivity contribution in [3.63, 3.8) is 0 Å². The lowest BCUT2D eigenvalue weighted by Crippen LogP contribution is -2.58. The van der Waals surface area contributed by atoms with Gasteiger partial charge in [-0.05, 0) is 32.1 Å². The van der Waals surface area contributed by atoms with Gasteiger partial charge in [-0.3, -0.25) is 9.89 Å². The maximum absolute atomic E-state index is 13.1. The highest BCUT2D eigenvalue weighted by molar-refractivity contribution is 5.84. The van der Waals surface area contributed by atoms with Crippen molar-refractivity contribution in [1.82, 2.24) is 30.0 Å². The molecule has 188 valence electrons. The number of rotatable bonds is 7. The van der Waals surface area contributed by atoms with E-state index in [0.29, 0.717) is 16.9 Å². The second-order valence-corrected chi connectivity index (χ2v) is 10.6. The van der Waals surface area contributed by atoms with Crippen LogP contribution >= 0.6 is 0 Å². The van der Waals surface area contributed by atoms with Gasteiger partial charge in [0, 0.05) is 48.7 Å².